The lowest BCUT2D eigenvalue weighted by atomic mass is 9.79. The lowest BCUT2D eigenvalue weighted by Gasteiger charge is -2.39. The summed E-state index contributed by atoms with van der Waals surface area (Å²) >= 11 is 0. The Morgan fingerprint density at radius 3 is 2.21 bits per heavy atom. The highest BCUT2D eigenvalue weighted by atomic mass is 16.6. The molecule has 0 aromatic heterocycles. The maximum Gasteiger partial charge on any atom is 0.311 e. The van der Waals surface area contributed by atoms with Gasteiger partial charge in [0.2, 0.25) is 0 Å². The monoisotopic (exact) mass is 270 g/mol. The molecular formula is C15H26O4. The van der Waals surface area contributed by atoms with Gasteiger partial charge < -0.3 is 9.47 Å². The summed E-state index contributed by atoms with van der Waals surface area (Å²) in [4.78, 5) is 23.9. The Balaban J connectivity index is 3.10. The molecule has 0 aromatic rings. The van der Waals surface area contributed by atoms with E-state index in [9.17, 15) is 9.59 Å². The van der Waals surface area contributed by atoms with Gasteiger partial charge in [-0.15, -0.1) is 0 Å². The molecule has 4 heteroatoms. The SMILES string of the molecule is CC(C)C1OC(=O)CC1(OC(=O)C(C)(C)C)C(C)C. The maximum atomic E-state index is 12.2. The molecule has 1 aliphatic heterocycles. The van der Waals surface area contributed by atoms with Crippen LogP contribution in [0.25, 0.3) is 0 Å². The molecule has 1 fully saturated rings. The number of esters is 2. The fourth-order valence-corrected chi connectivity index (χ4v) is 2.38. The topological polar surface area (TPSA) is 52.6 Å². The average molecular weight is 270 g/mol. The van der Waals surface area contributed by atoms with E-state index in [1.165, 1.54) is 0 Å². The Bertz CT molecular complexity index is 365. The van der Waals surface area contributed by atoms with E-state index in [4.69, 9.17) is 9.47 Å². The summed E-state index contributed by atoms with van der Waals surface area (Å²) in [6, 6.07) is 0. The Hall–Kier alpha value is -1.06. The summed E-state index contributed by atoms with van der Waals surface area (Å²) in [5.74, 6) is -0.432. The van der Waals surface area contributed by atoms with Crippen LogP contribution in [0.4, 0.5) is 0 Å². The average Bonchev–Trinajstić information content (AvgIpc) is 2.55. The maximum absolute atomic E-state index is 12.2. The number of carbonyl (C=O) groups is 2. The first-order valence-corrected chi connectivity index (χ1v) is 6.93. The van der Waals surface area contributed by atoms with Gasteiger partial charge in [-0.25, -0.2) is 0 Å². The second-order valence-electron chi connectivity index (χ2n) is 7.08. The normalized spacial score (nSPS) is 27.8. The second kappa shape index (κ2) is 5.14. The van der Waals surface area contributed by atoms with Gasteiger partial charge in [0, 0.05) is 0 Å². The third kappa shape index (κ3) is 3.10. The summed E-state index contributed by atoms with van der Waals surface area (Å²) in [6.45, 7) is 13.3. The van der Waals surface area contributed by atoms with Gasteiger partial charge in [-0.05, 0) is 32.6 Å². The van der Waals surface area contributed by atoms with Gasteiger partial charge in [-0.2, -0.15) is 0 Å². The molecule has 2 unspecified atom stereocenters. The minimum absolute atomic E-state index is 0.0256. The minimum atomic E-state index is -0.838. The van der Waals surface area contributed by atoms with E-state index in [1.54, 1.807) is 0 Å². The number of carbonyl (C=O) groups excluding carboxylic acids is 2. The summed E-state index contributed by atoms with van der Waals surface area (Å²) in [7, 11) is 0. The van der Waals surface area contributed by atoms with Crippen molar-refractivity contribution in [3.8, 4) is 0 Å². The molecule has 0 amide bonds. The van der Waals surface area contributed by atoms with Crippen LogP contribution in [0.5, 0.6) is 0 Å². The van der Waals surface area contributed by atoms with E-state index in [1.807, 2.05) is 48.5 Å². The zero-order valence-electron chi connectivity index (χ0n) is 13.1. The van der Waals surface area contributed by atoms with Crippen molar-refractivity contribution in [1.29, 1.82) is 0 Å². The van der Waals surface area contributed by atoms with Gasteiger partial charge in [-0.3, -0.25) is 9.59 Å². The van der Waals surface area contributed by atoms with Gasteiger partial charge in [0.25, 0.3) is 0 Å². The Morgan fingerprint density at radius 1 is 1.32 bits per heavy atom. The predicted octanol–water partition coefficient (Wildman–Crippen LogP) is 2.94. The number of ether oxygens (including phenoxy) is 2. The van der Waals surface area contributed by atoms with Crippen LogP contribution in [0, 0.1) is 17.3 Å². The van der Waals surface area contributed by atoms with Crippen LogP contribution in [0.1, 0.15) is 54.9 Å². The summed E-state index contributed by atoms with van der Waals surface area (Å²) in [6.07, 6.45) is -0.221. The fourth-order valence-electron chi connectivity index (χ4n) is 2.38. The second-order valence-corrected chi connectivity index (χ2v) is 7.08. The molecule has 0 N–H and O–H groups in total. The summed E-state index contributed by atoms with van der Waals surface area (Å²) < 4.78 is 11.2. The smallest absolute Gasteiger partial charge is 0.311 e. The first kappa shape index (κ1) is 16.0. The molecule has 110 valence electrons. The van der Waals surface area contributed by atoms with Crippen molar-refractivity contribution in [2.45, 2.75) is 66.6 Å². The van der Waals surface area contributed by atoms with Crippen LogP contribution in [-0.4, -0.2) is 23.6 Å². The predicted molar refractivity (Wildman–Crippen MR) is 72.5 cm³/mol. The van der Waals surface area contributed by atoms with Gasteiger partial charge in [0.05, 0.1) is 11.8 Å². The highest BCUT2D eigenvalue weighted by Crippen LogP contribution is 2.42. The van der Waals surface area contributed by atoms with E-state index < -0.39 is 11.0 Å². The molecule has 0 bridgehead atoms. The molecule has 0 radical (unpaired) electrons. The standard InChI is InChI=1S/C15H26O4/c1-9(2)12-15(10(3)4,8-11(16)18-12)19-13(17)14(5,6)7/h9-10,12H,8H2,1-7H3. The van der Waals surface area contributed by atoms with E-state index >= 15 is 0 Å². The first-order chi connectivity index (χ1) is 8.50. The van der Waals surface area contributed by atoms with Gasteiger partial charge >= 0.3 is 11.9 Å². The third-order valence-electron chi connectivity index (χ3n) is 3.64. The molecule has 4 nitrogen and oxygen atoms in total. The Kier molecular flexibility index (Phi) is 4.33. The van der Waals surface area contributed by atoms with Crippen LogP contribution in [0.15, 0.2) is 0 Å². The van der Waals surface area contributed by atoms with Crippen molar-refractivity contribution in [3.05, 3.63) is 0 Å². The van der Waals surface area contributed by atoms with E-state index in [-0.39, 0.29) is 36.3 Å². The molecule has 2 atom stereocenters. The molecule has 0 saturated carbocycles. The first-order valence-electron chi connectivity index (χ1n) is 6.93. The van der Waals surface area contributed by atoms with Gasteiger partial charge in [0.1, 0.15) is 6.10 Å². The number of rotatable bonds is 3. The Morgan fingerprint density at radius 2 is 1.84 bits per heavy atom. The van der Waals surface area contributed by atoms with Gasteiger partial charge in [-0.1, -0.05) is 27.7 Å². The molecular weight excluding hydrogens is 244 g/mol. The van der Waals surface area contributed by atoms with Crippen LogP contribution in [0.3, 0.4) is 0 Å². The zero-order valence-corrected chi connectivity index (χ0v) is 13.1. The highest BCUT2D eigenvalue weighted by Gasteiger charge is 2.56. The Labute approximate surface area is 115 Å². The van der Waals surface area contributed by atoms with E-state index in [0.29, 0.717) is 0 Å². The summed E-state index contributed by atoms with van der Waals surface area (Å²) in [5.41, 5.74) is -1.43. The van der Waals surface area contributed by atoms with Gasteiger partial charge in [0.15, 0.2) is 5.60 Å². The molecule has 1 heterocycles. The summed E-state index contributed by atoms with van der Waals surface area (Å²) in [5, 5.41) is 0. The molecule has 0 spiro atoms. The van der Waals surface area contributed by atoms with Crippen molar-refractivity contribution >= 4 is 11.9 Å². The molecule has 1 rings (SSSR count). The van der Waals surface area contributed by atoms with Crippen molar-refractivity contribution in [3.63, 3.8) is 0 Å². The van der Waals surface area contributed by atoms with E-state index in [2.05, 4.69) is 0 Å². The van der Waals surface area contributed by atoms with Crippen LogP contribution in [0.2, 0.25) is 0 Å². The molecule has 1 saturated heterocycles. The van der Waals surface area contributed by atoms with Crippen molar-refractivity contribution in [2.24, 2.45) is 17.3 Å². The van der Waals surface area contributed by atoms with Crippen molar-refractivity contribution < 1.29 is 19.1 Å². The van der Waals surface area contributed by atoms with Crippen LogP contribution in [-0.2, 0) is 19.1 Å². The number of cyclic esters (lactones) is 1. The molecule has 0 aromatic carbocycles. The molecule has 19 heavy (non-hydrogen) atoms. The largest absolute Gasteiger partial charge is 0.458 e. The fraction of sp³-hybridized carbons (Fsp3) is 0.867. The van der Waals surface area contributed by atoms with Crippen molar-refractivity contribution in [2.75, 3.05) is 0 Å². The number of hydrogen-bond donors (Lipinski definition) is 0. The van der Waals surface area contributed by atoms with Crippen LogP contribution >= 0.6 is 0 Å². The minimum Gasteiger partial charge on any atom is -0.458 e. The lowest BCUT2D eigenvalue weighted by Crippen LogP contribution is -2.51. The van der Waals surface area contributed by atoms with Crippen molar-refractivity contribution in [1.82, 2.24) is 0 Å². The quantitative estimate of drug-likeness (QED) is 0.740. The van der Waals surface area contributed by atoms with Crippen LogP contribution < -0.4 is 0 Å². The zero-order chi connectivity index (χ0) is 15.0. The third-order valence-corrected chi connectivity index (χ3v) is 3.64. The number of hydrogen-bond acceptors (Lipinski definition) is 4. The molecule has 1 aliphatic rings. The molecule has 0 aliphatic carbocycles. The highest BCUT2D eigenvalue weighted by molar-refractivity contribution is 5.79. The lowest BCUT2D eigenvalue weighted by molar-refractivity contribution is -0.186. The van der Waals surface area contributed by atoms with E-state index in [0.717, 1.165) is 0 Å².